The van der Waals surface area contributed by atoms with Gasteiger partial charge in [0.1, 0.15) is 0 Å². The highest BCUT2D eigenvalue weighted by Gasteiger charge is 2.30. The number of ether oxygens (including phenoxy) is 1. The zero-order chi connectivity index (χ0) is 21.1. The lowest BCUT2D eigenvalue weighted by atomic mass is 9.78. The molecule has 0 saturated heterocycles. The van der Waals surface area contributed by atoms with Crippen LogP contribution in [0.4, 0.5) is 0 Å². The molecule has 0 aromatic heterocycles. The summed E-state index contributed by atoms with van der Waals surface area (Å²) in [7, 11) is 0. The standard InChI is InChI=1S/C29H36O/c1-5-21(2)22-14-17-26(18-15-22)30-29(3,4)25-16-19-28-24(20-25)12-9-13-27(28)23-10-7-6-8-11-23/h6-13,16,19-22,26H,5,14-15,17-18H2,1-4H3. The fourth-order valence-electron chi connectivity index (χ4n) is 5.12. The Morgan fingerprint density at radius 3 is 2.33 bits per heavy atom. The van der Waals surface area contributed by atoms with Gasteiger partial charge in [-0.2, -0.15) is 0 Å². The second kappa shape index (κ2) is 8.94. The molecule has 0 amide bonds. The van der Waals surface area contributed by atoms with Crippen LogP contribution in [0.15, 0.2) is 66.7 Å². The molecule has 0 heterocycles. The van der Waals surface area contributed by atoms with E-state index in [0.29, 0.717) is 6.10 Å². The second-order valence-electron chi connectivity index (χ2n) is 9.66. The Hall–Kier alpha value is -2.12. The van der Waals surface area contributed by atoms with Crippen LogP contribution >= 0.6 is 0 Å². The summed E-state index contributed by atoms with van der Waals surface area (Å²) in [5.41, 5.74) is 3.56. The predicted octanol–water partition coefficient (Wildman–Crippen LogP) is 8.36. The smallest absolute Gasteiger partial charge is 0.0879 e. The molecular weight excluding hydrogens is 364 g/mol. The molecule has 1 atom stereocenters. The largest absolute Gasteiger partial charge is 0.368 e. The molecular formula is C29H36O. The van der Waals surface area contributed by atoms with Crippen LogP contribution in [0.2, 0.25) is 0 Å². The SMILES string of the molecule is CCC(C)C1CCC(OC(C)(C)c2ccc3c(-c4ccccc4)cccc3c2)CC1. The van der Waals surface area contributed by atoms with E-state index < -0.39 is 0 Å². The van der Waals surface area contributed by atoms with Crippen LogP contribution in [0.1, 0.15) is 65.4 Å². The van der Waals surface area contributed by atoms with Gasteiger partial charge in [0.25, 0.3) is 0 Å². The molecule has 1 nitrogen and oxygen atoms in total. The van der Waals surface area contributed by atoms with Crippen molar-refractivity contribution < 1.29 is 4.74 Å². The van der Waals surface area contributed by atoms with Gasteiger partial charge in [0, 0.05) is 0 Å². The Bertz CT molecular complexity index is 964. The zero-order valence-corrected chi connectivity index (χ0v) is 19.0. The molecule has 30 heavy (non-hydrogen) atoms. The van der Waals surface area contributed by atoms with Gasteiger partial charge in [-0.25, -0.2) is 0 Å². The molecule has 0 spiro atoms. The van der Waals surface area contributed by atoms with E-state index in [0.717, 1.165) is 11.8 Å². The summed E-state index contributed by atoms with van der Waals surface area (Å²) in [6.45, 7) is 9.19. The van der Waals surface area contributed by atoms with Crippen molar-refractivity contribution in [2.75, 3.05) is 0 Å². The fourth-order valence-corrected chi connectivity index (χ4v) is 5.12. The van der Waals surface area contributed by atoms with Gasteiger partial charge in [-0.15, -0.1) is 0 Å². The number of hydrogen-bond donors (Lipinski definition) is 0. The molecule has 4 rings (SSSR count). The zero-order valence-electron chi connectivity index (χ0n) is 19.0. The summed E-state index contributed by atoms with van der Waals surface area (Å²) in [6, 6.07) is 24.1. The average molecular weight is 401 g/mol. The highest BCUT2D eigenvalue weighted by molar-refractivity contribution is 5.97. The predicted molar refractivity (Wildman–Crippen MR) is 129 cm³/mol. The minimum Gasteiger partial charge on any atom is -0.368 e. The van der Waals surface area contributed by atoms with E-state index in [-0.39, 0.29) is 5.60 Å². The third kappa shape index (κ3) is 4.47. The van der Waals surface area contributed by atoms with Crippen LogP contribution in [0.25, 0.3) is 21.9 Å². The third-order valence-electron chi connectivity index (χ3n) is 7.29. The first-order valence-electron chi connectivity index (χ1n) is 11.7. The normalized spacial score (nSPS) is 20.9. The summed E-state index contributed by atoms with van der Waals surface area (Å²) in [5, 5.41) is 2.59. The molecule has 0 radical (unpaired) electrons. The molecule has 1 heteroatoms. The van der Waals surface area contributed by atoms with Crippen molar-refractivity contribution in [2.45, 2.75) is 71.5 Å². The van der Waals surface area contributed by atoms with E-state index >= 15 is 0 Å². The molecule has 0 bridgehead atoms. The molecule has 0 N–H and O–H groups in total. The lowest BCUT2D eigenvalue weighted by Crippen LogP contribution is -2.32. The van der Waals surface area contributed by atoms with Crippen molar-refractivity contribution in [1.29, 1.82) is 0 Å². The lowest BCUT2D eigenvalue weighted by molar-refractivity contribution is -0.0954. The van der Waals surface area contributed by atoms with Crippen LogP contribution in [0, 0.1) is 11.8 Å². The first-order chi connectivity index (χ1) is 14.5. The molecule has 1 unspecified atom stereocenters. The average Bonchev–Trinajstić information content (AvgIpc) is 2.78. The van der Waals surface area contributed by atoms with Crippen LogP contribution in [0.3, 0.4) is 0 Å². The summed E-state index contributed by atoms with van der Waals surface area (Å²) >= 11 is 0. The molecule has 158 valence electrons. The fraction of sp³-hybridized carbons (Fsp3) is 0.448. The van der Waals surface area contributed by atoms with E-state index in [4.69, 9.17) is 4.74 Å². The van der Waals surface area contributed by atoms with Crippen LogP contribution < -0.4 is 0 Å². The molecule has 1 saturated carbocycles. The minimum absolute atomic E-state index is 0.273. The Morgan fingerprint density at radius 2 is 1.63 bits per heavy atom. The summed E-state index contributed by atoms with van der Waals surface area (Å²) < 4.78 is 6.69. The Kier molecular flexibility index (Phi) is 6.29. The maximum Gasteiger partial charge on any atom is 0.0879 e. The Labute approximate surface area is 182 Å². The van der Waals surface area contributed by atoms with E-state index in [9.17, 15) is 0 Å². The Morgan fingerprint density at radius 1 is 0.900 bits per heavy atom. The van der Waals surface area contributed by atoms with Crippen molar-refractivity contribution >= 4 is 10.8 Å². The van der Waals surface area contributed by atoms with Gasteiger partial charge in [0.15, 0.2) is 0 Å². The van der Waals surface area contributed by atoms with Crippen molar-refractivity contribution in [3.05, 3.63) is 72.3 Å². The quantitative estimate of drug-likeness (QED) is 0.404. The van der Waals surface area contributed by atoms with Gasteiger partial charge in [-0.3, -0.25) is 0 Å². The molecule has 1 aliphatic carbocycles. The number of fused-ring (bicyclic) bond motifs is 1. The first kappa shape index (κ1) is 21.1. The van der Waals surface area contributed by atoms with Gasteiger partial charge in [0.05, 0.1) is 11.7 Å². The van der Waals surface area contributed by atoms with Crippen LogP contribution in [0.5, 0.6) is 0 Å². The first-order valence-corrected chi connectivity index (χ1v) is 11.7. The van der Waals surface area contributed by atoms with Crippen LogP contribution in [-0.4, -0.2) is 6.10 Å². The van der Waals surface area contributed by atoms with Gasteiger partial charge >= 0.3 is 0 Å². The van der Waals surface area contributed by atoms with Gasteiger partial charge in [-0.05, 0) is 84.9 Å². The second-order valence-corrected chi connectivity index (χ2v) is 9.66. The van der Waals surface area contributed by atoms with Crippen molar-refractivity contribution in [3.63, 3.8) is 0 Å². The lowest BCUT2D eigenvalue weighted by Gasteiger charge is -2.37. The maximum absolute atomic E-state index is 6.69. The summed E-state index contributed by atoms with van der Waals surface area (Å²) in [6.07, 6.45) is 6.70. The van der Waals surface area contributed by atoms with Crippen molar-refractivity contribution in [2.24, 2.45) is 11.8 Å². The van der Waals surface area contributed by atoms with E-state index in [1.165, 1.54) is 59.6 Å². The van der Waals surface area contributed by atoms with Crippen molar-refractivity contribution in [1.82, 2.24) is 0 Å². The highest BCUT2D eigenvalue weighted by Crippen LogP contribution is 2.38. The molecule has 1 fully saturated rings. The molecule has 1 aliphatic rings. The van der Waals surface area contributed by atoms with Gasteiger partial charge in [0.2, 0.25) is 0 Å². The highest BCUT2D eigenvalue weighted by atomic mass is 16.5. The van der Waals surface area contributed by atoms with Crippen LogP contribution in [-0.2, 0) is 10.3 Å². The molecule has 3 aromatic carbocycles. The monoisotopic (exact) mass is 400 g/mol. The molecule has 0 aliphatic heterocycles. The van der Waals surface area contributed by atoms with Gasteiger partial charge < -0.3 is 4.74 Å². The number of benzene rings is 3. The van der Waals surface area contributed by atoms with E-state index in [2.05, 4.69) is 94.4 Å². The minimum atomic E-state index is -0.273. The Balaban J connectivity index is 1.53. The van der Waals surface area contributed by atoms with Gasteiger partial charge in [-0.1, -0.05) is 80.9 Å². The topological polar surface area (TPSA) is 9.23 Å². The number of rotatable bonds is 6. The third-order valence-corrected chi connectivity index (χ3v) is 7.29. The maximum atomic E-state index is 6.69. The van der Waals surface area contributed by atoms with E-state index in [1.54, 1.807) is 0 Å². The van der Waals surface area contributed by atoms with Crippen molar-refractivity contribution in [3.8, 4) is 11.1 Å². The summed E-state index contributed by atoms with van der Waals surface area (Å²) in [5.74, 6) is 1.73. The number of hydrogen-bond acceptors (Lipinski definition) is 1. The molecule has 3 aromatic rings. The van der Waals surface area contributed by atoms with E-state index in [1.807, 2.05) is 0 Å². The summed E-state index contributed by atoms with van der Waals surface area (Å²) in [4.78, 5) is 0.